The molecule has 0 bridgehead atoms. The average Bonchev–Trinajstić information content (AvgIpc) is 3.04. The molecule has 0 amide bonds. The van der Waals surface area contributed by atoms with Crippen molar-refractivity contribution in [3.8, 4) is 0 Å². The van der Waals surface area contributed by atoms with E-state index in [9.17, 15) is 4.79 Å². The summed E-state index contributed by atoms with van der Waals surface area (Å²) in [6, 6.07) is -0.245. The molecule has 1 unspecified atom stereocenters. The molecule has 0 aromatic heterocycles. The van der Waals surface area contributed by atoms with E-state index in [1.807, 2.05) is 20.8 Å². The first-order valence-electron chi connectivity index (χ1n) is 11.0. The Hall–Kier alpha value is -0.885. The fourth-order valence-electron chi connectivity index (χ4n) is 4.14. The third-order valence-corrected chi connectivity index (χ3v) is 6.46. The first-order valence-corrected chi connectivity index (χ1v) is 11.0. The Bertz CT molecular complexity index is 618. The van der Waals surface area contributed by atoms with Crippen molar-refractivity contribution < 1.29 is 23.6 Å². The third-order valence-electron chi connectivity index (χ3n) is 6.46. The number of likely N-dealkylation sites (tertiary alicyclic amines) is 1. The highest BCUT2D eigenvalue weighted by atomic mass is 16.7. The first kappa shape index (κ1) is 22.8. The molecule has 3 aliphatic rings. The van der Waals surface area contributed by atoms with Gasteiger partial charge >= 0.3 is 13.1 Å². The molecule has 3 saturated heterocycles. The molecule has 164 valence electrons. The van der Waals surface area contributed by atoms with Crippen molar-refractivity contribution >= 4 is 13.1 Å². The van der Waals surface area contributed by atoms with Crippen LogP contribution in [0.25, 0.3) is 0 Å². The van der Waals surface area contributed by atoms with Gasteiger partial charge in [-0.1, -0.05) is 11.5 Å². The molecular weight excluding hydrogens is 369 g/mol. The summed E-state index contributed by atoms with van der Waals surface area (Å²) in [5.74, 6) is 2.49. The average molecular weight is 407 g/mol. The number of carbonyl (C=O) groups is 1. The van der Waals surface area contributed by atoms with Crippen molar-refractivity contribution in [2.75, 3.05) is 26.3 Å². The maximum Gasteiger partial charge on any atom is 0.487 e. The SMILES string of the molecule is CC(C)(C)OC(=O)C1C/C(=C\B2OC(C)(C)C(C)(C)O2)CN1CC1CCOCC1. The van der Waals surface area contributed by atoms with Crippen molar-refractivity contribution in [1.82, 2.24) is 4.90 Å². The fourth-order valence-corrected chi connectivity index (χ4v) is 4.14. The summed E-state index contributed by atoms with van der Waals surface area (Å²) in [7, 11) is -0.377. The van der Waals surface area contributed by atoms with Crippen LogP contribution >= 0.6 is 0 Å². The van der Waals surface area contributed by atoms with E-state index in [-0.39, 0.29) is 30.3 Å². The molecule has 0 saturated carbocycles. The highest BCUT2D eigenvalue weighted by Crippen LogP contribution is 2.38. The molecule has 3 aliphatic heterocycles. The van der Waals surface area contributed by atoms with Crippen molar-refractivity contribution in [1.29, 1.82) is 0 Å². The summed E-state index contributed by atoms with van der Waals surface area (Å²) in [6.07, 6.45) is 2.77. The van der Waals surface area contributed by atoms with Crippen molar-refractivity contribution in [2.45, 2.75) is 90.6 Å². The Morgan fingerprint density at radius 1 is 1.17 bits per heavy atom. The van der Waals surface area contributed by atoms with Gasteiger partial charge in [0.2, 0.25) is 0 Å². The van der Waals surface area contributed by atoms with Crippen molar-refractivity contribution in [2.24, 2.45) is 5.92 Å². The Labute approximate surface area is 176 Å². The lowest BCUT2D eigenvalue weighted by Crippen LogP contribution is -2.43. The monoisotopic (exact) mass is 407 g/mol. The second-order valence-electron chi connectivity index (χ2n) is 10.7. The van der Waals surface area contributed by atoms with Crippen LogP contribution in [0.4, 0.5) is 0 Å². The topological polar surface area (TPSA) is 57.2 Å². The van der Waals surface area contributed by atoms with E-state index >= 15 is 0 Å². The molecule has 0 aromatic rings. The summed E-state index contributed by atoms with van der Waals surface area (Å²) in [5.41, 5.74) is -0.0228. The number of rotatable bonds is 4. The molecule has 0 aliphatic carbocycles. The van der Waals surface area contributed by atoms with Crippen LogP contribution in [0.5, 0.6) is 0 Å². The molecule has 0 spiro atoms. The maximum atomic E-state index is 12.9. The van der Waals surface area contributed by atoms with E-state index in [1.54, 1.807) is 0 Å². The van der Waals surface area contributed by atoms with Crippen LogP contribution in [0.2, 0.25) is 0 Å². The van der Waals surface area contributed by atoms with Gasteiger partial charge in [-0.2, -0.15) is 0 Å². The van der Waals surface area contributed by atoms with Gasteiger partial charge in [-0.05, 0) is 73.6 Å². The van der Waals surface area contributed by atoms with Crippen LogP contribution in [-0.4, -0.2) is 67.1 Å². The number of hydrogen-bond acceptors (Lipinski definition) is 6. The summed E-state index contributed by atoms with van der Waals surface area (Å²) in [6.45, 7) is 17.3. The number of ether oxygens (including phenoxy) is 2. The minimum absolute atomic E-state index is 0.137. The summed E-state index contributed by atoms with van der Waals surface area (Å²) in [4.78, 5) is 15.2. The van der Waals surface area contributed by atoms with Crippen LogP contribution in [-0.2, 0) is 23.6 Å². The van der Waals surface area contributed by atoms with Gasteiger partial charge in [-0.15, -0.1) is 0 Å². The van der Waals surface area contributed by atoms with Crippen LogP contribution < -0.4 is 0 Å². The van der Waals surface area contributed by atoms with Gasteiger partial charge in [0.15, 0.2) is 0 Å². The second-order valence-corrected chi connectivity index (χ2v) is 10.7. The van der Waals surface area contributed by atoms with Gasteiger partial charge in [-0.25, -0.2) is 0 Å². The number of esters is 1. The number of hydrogen-bond donors (Lipinski definition) is 0. The summed E-state index contributed by atoms with van der Waals surface area (Å²) < 4.78 is 23.5. The molecular formula is C22H38BNO5. The van der Waals surface area contributed by atoms with E-state index < -0.39 is 5.60 Å². The Balaban J connectivity index is 1.72. The van der Waals surface area contributed by atoms with E-state index in [0.717, 1.165) is 39.1 Å². The standard InChI is InChI=1S/C22H38BNO5/c1-20(2,3)27-19(25)18-12-17(13-23-28-21(4,5)22(6,7)29-23)15-24(18)14-16-8-10-26-11-9-16/h13,16,18H,8-12,14-15H2,1-7H3/b17-13+. The molecule has 6 nitrogen and oxygen atoms in total. The lowest BCUT2D eigenvalue weighted by molar-refractivity contribution is -0.160. The Kier molecular flexibility index (Phi) is 6.55. The van der Waals surface area contributed by atoms with Gasteiger partial charge < -0.3 is 18.8 Å². The molecule has 3 heterocycles. The zero-order valence-electron chi connectivity index (χ0n) is 19.2. The summed E-state index contributed by atoms with van der Waals surface area (Å²) >= 11 is 0. The molecule has 7 heteroatoms. The first-order chi connectivity index (χ1) is 13.4. The predicted octanol–water partition coefficient (Wildman–Crippen LogP) is 3.39. The van der Waals surface area contributed by atoms with Gasteiger partial charge in [0.1, 0.15) is 11.6 Å². The van der Waals surface area contributed by atoms with Gasteiger partial charge in [0.05, 0.1) is 11.2 Å². The third kappa shape index (κ3) is 5.63. The van der Waals surface area contributed by atoms with Gasteiger partial charge in [-0.3, -0.25) is 9.69 Å². The van der Waals surface area contributed by atoms with E-state index in [1.165, 1.54) is 5.57 Å². The van der Waals surface area contributed by atoms with Crippen LogP contribution in [0.15, 0.2) is 11.5 Å². The lowest BCUT2D eigenvalue weighted by Gasteiger charge is -2.32. The Morgan fingerprint density at radius 2 is 1.76 bits per heavy atom. The van der Waals surface area contributed by atoms with Crippen LogP contribution in [0.1, 0.15) is 67.7 Å². The van der Waals surface area contributed by atoms with E-state index in [4.69, 9.17) is 18.8 Å². The summed E-state index contributed by atoms with van der Waals surface area (Å²) in [5, 5.41) is 0. The Morgan fingerprint density at radius 3 is 2.31 bits per heavy atom. The van der Waals surface area contributed by atoms with Crippen LogP contribution in [0.3, 0.4) is 0 Å². The smallest absolute Gasteiger partial charge is 0.459 e. The fraction of sp³-hybridized carbons (Fsp3) is 0.864. The number of nitrogens with zero attached hydrogens (tertiary/aromatic N) is 1. The number of carbonyl (C=O) groups excluding carboxylic acids is 1. The molecule has 0 radical (unpaired) electrons. The zero-order chi connectivity index (χ0) is 21.4. The predicted molar refractivity (Wildman–Crippen MR) is 114 cm³/mol. The normalized spacial score (nSPS) is 29.6. The highest BCUT2D eigenvalue weighted by molar-refractivity contribution is 6.51. The molecule has 3 rings (SSSR count). The quantitative estimate of drug-likeness (QED) is 0.526. The van der Waals surface area contributed by atoms with Crippen molar-refractivity contribution in [3.63, 3.8) is 0 Å². The minimum Gasteiger partial charge on any atom is -0.459 e. The second kappa shape index (κ2) is 8.33. The highest BCUT2D eigenvalue weighted by Gasteiger charge is 2.50. The van der Waals surface area contributed by atoms with E-state index in [0.29, 0.717) is 12.3 Å². The van der Waals surface area contributed by atoms with Gasteiger partial charge in [0, 0.05) is 26.3 Å². The maximum absolute atomic E-state index is 12.9. The molecule has 1 atom stereocenters. The van der Waals surface area contributed by atoms with Crippen molar-refractivity contribution in [3.05, 3.63) is 11.5 Å². The van der Waals surface area contributed by atoms with Gasteiger partial charge in [0.25, 0.3) is 0 Å². The van der Waals surface area contributed by atoms with Crippen LogP contribution in [0, 0.1) is 5.92 Å². The largest absolute Gasteiger partial charge is 0.487 e. The zero-order valence-corrected chi connectivity index (χ0v) is 19.2. The lowest BCUT2D eigenvalue weighted by atomic mass is 9.86. The molecule has 3 fully saturated rings. The minimum atomic E-state index is -0.486. The molecule has 0 N–H and O–H groups in total. The molecule has 29 heavy (non-hydrogen) atoms. The van der Waals surface area contributed by atoms with E-state index in [2.05, 4.69) is 38.6 Å². The molecule has 0 aromatic carbocycles.